The Hall–Kier alpha value is -1.88. The monoisotopic (exact) mass is 361 g/mol. The lowest BCUT2D eigenvalue weighted by atomic mass is 9.78. The number of nitrogens with one attached hydrogen (secondary N) is 1. The molecule has 1 N–H and O–H groups in total. The second-order valence-corrected chi connectivity index (χ2v) is 7.53. The molecule has 1 heterocycles. The van der Waals surface area contributed by atoms with Gasteiger partial charge in [-0.15, -0.1) is 0 Å². The Morgan fingerprint density at radius 2 is 2.08 bits per heavy atom. The molecule has 1 aromatic heterocycles. The lowest BCUT2D eigenvalue weighted by Gasteiger charge is -2.34. The number of carbonyl (C=O) groups is 2. The SMILES string of the molecule is CC1CCCC(NC(=O)CCC(=O)n2ncc3cc(Cl)ccc32)C1C. The van der Waals surface area contributed by atoms with Gasteiger partial charge in [0.2, 0.25) is 11.8 Å². The summed E-state index contributed by atoms with van der Waals surface area (Å²) in [5.41, 5.74) is 0.713. The van der Waals surface area contributed by atoms with Crippen LogP contribution in [0, 0.1) is 11.8 Å². The Balaban J connectivity index is 1.57. The Morgan fingerprint density at radius 3 is 2.88 bits per heavy atom. The van der Waals surface area contributed by atoms with Crippen molar-refractivity contribution in [1.29, 1.82) is 0 Å². The van der Waals surface area contributed by atoms with E-state index in [0.717, 1.165) is 18.2 Å². The molecule has 0 spiro atoms. The van der Waals surface area contributed by atoms with Gasteiger partial charge in [-0.3, -0.25) is 9.59 Å². The van der Waals surface area contributed by atoms with Crippen LogP contribution in [-0.2, 0) is 4.79 Å². The van der Waals surface area contributed by atoms with E-state index < -0.39 is 0 Å². The first-order chi connectivity index (χ1) is 12.0. The minimum Gasteiger partial charge on any atom is -0.353 e. The van der Waals surface area contributed by atoms with Crippen molar-refractivity contribution in [3.05, 3.63) is 29.4 Å². The van der Waals surface area contributed by atoms with Gasteiger partial charge >= 0.3 is 0 Å². The molecule has 0 radical (unpaired) electrons. The van der Waals surface area contributed by atoms with Crippen molar-refractivity contribution in [3.63, 3.8) is 0 Å². The quantitative estimate of drug-likeness (QED) is 0.893. The highest BCUT2D eigenvalue weighted by atomic mass is 35.5. The van der Waals surface area contributed by atoms with Crippen LogP contribution < -0.4 is 5.32 Å². The van der Waals surface area contributed by atoms with E-state index in [1.165, 1.54) is 11.1 Å². The Labute approximate surface area is 152 Å². The summed E-state index contributed by atoms with van der Waals surface area (Å²) < 4.78 is 1.35. The summed E-state index contributed by atoms with van der Waals surface area (Å²) in [7, 11) is 0. The van der Waals surface area contributed by atoms with E-state index in [9.17, 15) is 9.59 Å². The standard InChI is InChI=1S/C19H24ClN3O2/c1-12-4-3-5-16(13(12)2)22-18(24)8-9-19(25)23-17-7-6-15(20)10-14(17)11-21-23/h6-7,10-13,16H,3-5,8-9H2,1-2H3,(H,22,24). The Bertz CT molecular complexity index is 786. The van der Waals surface area contributed by atoms with Crippen molar-refractivity contribution in [2.75, 3.05) is 0 Å². The van der Waals surface area contributed by atoms with Crippen LogP contribution in [0.15, 0.2) is 24.4 Å². The molecule has 1 saturated carbocycles. The molecule has 0 bridgehead atoms. The highest BCUT2D eigenvalue weighted by molar-refractivity contribution is 6.31. The number of hydrogen-bond acceptors (Lipinski definition) is 3. The van der Waals surface area contributed by atoms with Gasteiger partial charge in [0.1, 0.15) is 0 Å². The van der Waals surface area contributed by atoms with E-state index >= 15 is 0 Å². The molecule has 1 aromatic carbocycles. The fourth-order valence-corrected chi connectivity index (χ4v) is 3.77. The number of benzene rings is 1. The molecule has 0 saturated heterocycles. The van der Waals surface area contributed by atoms with Crippen LogP contribution in [0.1, 0.15) is 50.7 Å². The van der Waals surface area contributed by atoms with Crippen LogP contribution in [0.4, 0.5) is 0 Å². The number of aromatic nitrogens is 2. The van der Waals surface area contributed by atoms with E-state index in [-0.39, 0.29) is 30.7 Å². The van der Waals surface area contributed by atoms with E-state index in [2.05, 4.69) is 24.3 Å². The molecule has 1 aliphatic rings. The highest BCUT2D eigenvalue weighted by Crippen LogP contribution is 2.29. The minimum atomic E-state index is -0.183. The fraction of sp³-hybridized carbons (Fsp3) is 0.526. The summed E-state index contributed by atoms with van der Waals surface area (Å²) in [6.07, 6.45) is 5.34. The summed E-state index contributed by atoms with van der Waals surface area (Å²) in [5.74, 6) is 0.868. The zero-order valence-electron chi connectivity index (χ0n) is 14.7. The maximum atomic E-state index is 12.4. The third-order valence-corrected chi connectivity index (χ3v) is 5.62. The molecule has 3 unspecified atom stereocenters. The highest BCUT2D eigenvalue weighted by Gasteiger charge is 2.28. The van der Waals surface area contributed by atoms with Crippen LogP contribution in [0.25, 0.3) is 10.9 Å². The topological polar surface area (TPSA) is 64.0 Å². The van der Waals surface area contributed by atoms with E-state index in [1.54, 1.807) is 24.4 Å². The summed E-state index contributed by atoms with van der Waals surface area (Å²) in [4.78, 5) is 24.6. The molecular weight excluding hydrogens is 338 g/mol. The summed E-state index contributed by atoms with van der Waals surface area (Å²) in [5, 5.41) is 8.66. The second kappa shape index (κ2) is 7.56. The number of halogens is 1. The smallest absolute Gasteiger partial charge is 0.247 e. The molecule has 3 atom stereocenters. The molecule has 0 aliphatic heterocycles. The van der Waals surface area contributed by atoms with Gasteiger partial charge in [0.15, 0.2) is 0 Å². The number of fused-ring (bicyclic) bond motifs is 1. The lowest BCUT2D eigenvalue weighted by Crippen LogP contribution is -2.43. The van der Waals surface area contributed by atoms with Gasteiger partial charge in [-0.1, -0.05) is 38.3 Å². The van der Waals surface area contributed by atoms with Crippen LogP contribution in [-0.4, -0.2) is 27.6 Å². The van der Waals surface area contributed by atoms with Crippen LogP contribution >= 0.6 is 11.6 Å². The van der Waals surface area contributed by atoms with Crippen molar-refractivity contribution >= 4 is 34.3 Å². The van der Waals surface area contributed by atoms with Gasteiger partial charge in [-0.25, -0.2) is 4.68 Å². The molecule has 1 aliphatic carbocycles. The molecule has 2 aromatic rings. The van der Waals surface area contributed by atoms with E-state index in [0.29, 0.717) is 22.4 Å². The predicted octanol–water partition coefficient (Wildman–Crippen LogP) is 4.05. The zero-order chi connectivity index (χ0) is 18.0. The first-order valence-corrected chi connectivity index (χ1v) is 9.29. The second-order valence-electron chi connectivity index (χ2n) is 7.09. The number of amides is 1. The third-order valence-electron chi connectivity index (χ3n) is 5.39. The molecular formula is C19H24ClN3O2. The Morgan fingerprint density at radius 1 is 1.28 bits per heavy atom. The molecule has 5 nitrogen and oxygen atoms in total. The number of nitrogens with zero attached hydrogens (tertiary/aromatic N) is 2. The summed E-state index contributed by atoms with van der Waals surface area (Å²) >= 11 is 5.95. The maximum absolute atomic E-state index is 12.4. The van der Waals surface area contributed by atoms with E-state index in [4.69, 9.17) is 11.6 Å². The average molecular weight is 362 g/mol. The molecule has 1 amide bonds. The summed E-state index contributed by atoms with van der Waals surface area (Å²) in [6, 6.07) is 5.49. The normalized spacial score (nSPS) is 23.6. The van der Waals surface area contributed by atoms with Crippen molar-refractivity contribution < 1.29 is 9.59 Å². The van der Waals surface area contributed by atoms with E-state index in [1.807, 2.05) is 0 Å². The van der Waals surface area contributed by atoms with Gasteiger partial charge in [-0.2, -0.15) is 5.10 Å². The predicted molar refractivity (Wildman–Crippen MR) is 98.7 cm³/mol. The number of hydrogen-bond donors (Lipinski definition) is 1. The van der Waals surface area contributed by atoms with Crippen LogP contribution in [0.3, 0.4) is 0 Å². The van der Waals surface area contributed by atoms with Gasteiger partial charge in [0, 0.05) is 29.3 Å². The molecule has 25 heavy (non-hydrogen) atoms. The third kappa shape index (κ3) is 4.03. The molecule has 6 heteroatoms. The fourth-order valence-electron chi connectivity index (χ4n) is 3.59. The molecule has 3 rings (SSSR count). The van der Waals surface area contributed by atoms with Gasteiger partial charge in [0.25, 0.3) is 0 Å². The minimum absolute atomic E-state index is 0.0567. The van der Waals surface area contributed by atoms with Crippen LogP contribution in [0.2, 0.25) is 5.02 Å². The van der Waals surface area contributed by atoms with Gasteiger partial charge < -0.3 is 5.32 Å². The van der Waals surface area contributed by atoms with Crippen molar-refractivity contribution in [2.45, 2.75) is 52.0 Å². The first-order valence-electron chi connectivity index (χ1n) is 8.91. The average Bonchev–Trinajstić information content (AvgIpc) is 3.00. The Kier molecular flexibility index (Phi) is 5.42. The number of carbonyl (C=O) groups excluding carboxylic acids is 2. The summed E-state index contributed by atoms with van der Waals surface area (Å²) in [6.45, 7) is 4.43. The zero-order valence-corrected chi connectivity index (χ0v) is 15.4. The largest absolute Gasteiger partial charge is 0.353 e. The van der Waals surface area contributed by atoms with Crippen LogP contribution in [0.5, 0.6) is 0 Å². The molecule has 1 fully saturated rings. The van der Waals surface area contributed by atoms with Gasteiger partial charge in [0.05, 0.1) is 11.7 Å². The van der Waals surface area contributed by atoms with Crippen molar-refractivity contribution in [3.8, 4) is 0 Å². The van der Waals surface area contributed by atoms with Gasteiger partial charge in [-0.05, 0) is 36.5 Å². The maximum Gasteiger partial charge on any atom is 0.247 e. The first kappa shape index (κ1) is 17.9. The van der Waals surface area contributed by atoms with Crippen molar-refractivity contribution in [2.24, 2.45) is 11.8 Å². The molecule has 134 valence electrons. The lowest BCUT2D eigenvalue weighted by molar-refractivity contribution is -0.122. The number of rotatable bonds is 4. The van der Waals surface area contributed by atoms with Crippen molar-refractivity contribution in [1.82, 2.24) is 15.1 Å².